The Morgan fingerprint density at radius 2 is 1.46 bits per heavy atom. The van der Waals surface area contributed by atoms with E-state index in [1.807, 2.05) is 0 Å². The molecule has 13 nitrogen and oxygen atoms in total. The summed E-state index contributed by atoms with van der Waals surface area (Å²) >= 11 is 0. The molecule has 0 aromatic rings. The Kier molecular flexibility index (Phi) is 10.3. The van der Waals surface area contributed by atoms with Crippen LogP contribution in [0.3, 0.4) is 0 Å². The first-order chi connectivity index (χ1) is 25.2. The molecule has 13 heteroatoms. The van der Waals surface area contributed by atoms with E-state index in [0.29, 0.717) is 44.4 Å². The quantitative estimate of drug-likeness (QED) is 0.153. The van der Waals surface area contributed by atoms with Gasteiger partial charge in [0.2, 0.25) is 0 Å². The number of ether oxygens (including phenoxy) is 4. The van der Waals surface area contributed by atoms with Crippen molar-refractivity contribution < 1.29 is 64.3 Å². The number of hydrogen-bond acceptors (Lipinski definition) is 11. The van der Waals surface area contributed by atoms with Gasteiger partial charge in [-0.25, -0.2) is 0 Å². The lowest BCUT2D eigenvalue weighted by atomic mass is 9.33. The first-order valence-corrected chi connectivity index (χ1v) is 20.3. The second kappa shape index (κ2) is 13.7. The van der Waals surface area contributed by atoms with Gasteiger partial charge >= 0.3 is 11.9 Å². The molecular formula is C41H64O13. The molecule has 0 radical (unpaired) electrons. The molecule has 0 amide bonds. The molecule has 4 saturated carbocycles. The molecule has 7 N–H and O–H groups in total. The summed E-state index contributed by atoms with van der Waals surface area (Å²) in [6.07, 6.45) is -4.56. The first kappa shape index (κ1) is 40.5. The summed E-state index contributed by atoms with van der Waals surface area (Å²) in [6, 6.07) is 0. The fraction of sp³-hybridized carbons (Fsp3) is 0.902. The molecule has 5 aliphatic carbocycles. The topological polar surface area (TPSA) is 213 Å². The minimum absolute atomic E-state index is 0.0307. The van der Waals surface area contributed by atoms with Gasteiger partial charge in [-0.1, -0.05) is 53.2 Å². The van der Waals surface area contributed by atoms with E-state index >= 15 is 0 Å². The van der Waals surface area contributed by atoms with Gasteiger partial charge in [0.25, 0.3) is 0 Å². The number of aliphatic hydroxyl groups excluding tert-OH is 5. The molecule has 19 atom stereocenters. The third kappa shape index (κ3) is 5.56. The van der Waals surface area contributed by atoms with Crippen molar-refractivity contribution in [2.75, 3.05) is 6.61 Å². The Bertz CT molecular complexity index is 1500. The molecule has 54 heavy (non-hydrogen) atoms. The molecule has 7 rings (SSSR count). The lowest BCUT2D eigenvalue weighted by Gasteiger charge is -2.70. The molecule has 0 aromatic carbocycles. The predicted octanol–water partition coefficient (Wildman–Crippen LogP) is 3.47. The van der Waals surface area contributed by atoms with Crippen LogP contribution in [0, 0.1) is 56.7 Å². The lowest BCUT2D eigenvalue weighted by molar-refractivity contribution is -0.367. The van der Waals surface area contributed by atoms with Crippen LogP contribution >= 0.6 is 0 Å². The summed E-state index contributed by atoms with van der Waals surface area (Å²) in [5, 5.41) is 74.9. The Balaban J connectivity index is 1.18. The minimum atomic E-state index is -1.62. The molecule has 2 saturated heterocycles. The number of fused-ring (bicyclic) bond motifs is 7. The average Bonchev–Trinajstić information content (AvgIpc) is 3.10. The third-order valence-electron chi connectivity index (χ3n) is 17.0. The highest BCUT2D eigenvalue weighted by Crippen LogP contribution is 2.76. The summed E-state index contributed by atoms with van der Waals surface area (Å²) in [5.74, 6) is -1.43. The van der Waals surface area contributed by atoms with Crippen LogP contribution in [-0.2, 0) is 28.5 Å². The summed E-state index contributed by atoms with van der Waals surface area (Å²) < 4.78 is 24.3. The van der Waals surface area contributed by atoms with E-state index in [1.54, 1.807) is 6.92 Å². The second-order valence-electron chi connectivity index (χ2n) is 19.5. The van der Waals surface area contributed by atoms with E-state index in [-0.39, 0.29) is 41.8 Å². The third-order valence-corrected chi connectivity index (χ3v) is 17.0. The second-order valence-corrected chi connectivity index (χ2v) is 19.5. The van der Waals surface area contributed by atoms with Crippen LogP contribution in [0.4, 0.5) is 0 Å². The number of hydrogen-bond donors (Lipinski definition) is 7. The Morgan fingerprint density at radius 3 is 2.13 bits per heavy atom. The summed E-state index contributed by atoms with van der Waals surface area (Å²) in [7, 11) is 0. The highest BCUT2D eigenvalue weighted by Gasteiger charge is 2.73. The van der Waals surface area contributed by atoms with Gasteiger partial charge in [-0.15, -0.1) is 0 Å². The Morgan fingerprint density at radius 1 is 0.759 bits per heavy atom. The van der Waals surface area contributed by atoms with E-state index in [2.05, 4.69) is 47.6 Å². The smallest absolute Gasteiger partial charge is 0.314 e. The molecule has 2 aliphatic heterocycles. The van der Waals surface area contributed by atoms with Crippen molar-refractivity contribution in [3.8, 4) is 0 Å². The Hall–Kier alpha value is -1.68. The number of carboxylic acid groups (broad SMARTS) is 2. The zero-order valence-electron chi connectivity index (χ0n) is 32.9. The van der Waals surface area contributed by atoms with Crippen LogP contribution in [0.1, 0.15) is 106 Å². The maximum atomic E-state index is 14.0. The van der Waals surface area contributed by atoms with Crippen LogP contribution in [-0.4, -0.2) is 116 Å². The maximum absolute atomic E-state index is 14.0. The van der Waals surface area contributed by atoms with E-state index in [1.165, 1.54) is 0 Å². The van der Waals surface area contributed by atoms with Gasteiger partial charge in [-0.2, -0.15) is 0 Å². The molecular weight excluding hydrogens is 700 g/mol. The van der Waals surface area contributed by atoms with E-state index < -0.39 is 88.9 Å². The average molecular weight is 765 g/mol. The summed E-state index contributed by atoms with van der Waals surface area (Å²) in [4.78, 5) is 27.1. The summed E-state index contributed by atoms with van der Waals surface area (Å²) in [5.41, 5.74) is -2.54. The van der Waals surface area contributed by atoms with Gasteiger partial charge in [0.05, 0.1) is 29.6 Å². The van der Waals surface area contributed by atoms with Crippen molar-refractivity contribution >= 4 is 11.9 Å². The monoisotopic (exact) mass is 764 g/mol. The standard InChI is InChI=1S/C41H64O13/c1-19-10-15-40(35(47)48)16-17-41(36(49)50)22(27(40)20(19)2)8-9-25-38(6)13-12-26(37(4,5)24(38)11-14-39(25,41)7)53-34-32(30(45)28(43)21(3)52-34)54-33-31(46)29(44)23(42)18-51-33/h8,19-21,23-34,42-46H,9-18H2,1-7H3,(H,47,48)(H,49,50)/t19-,20+,21-,23+,24?,25?,26+,27+,28-,29+,30+,31-,32-,33+,34+,38+,39-,40+,41-/m1/s1. The fourth-order valence-corrected chi connectivity index (χ4v) is 13.7. The molecule has 0 aromatic heterocycles. The van der Waals surface area contributed by atoms with Crippen LogP contribution in [0.15, 0.2) is 11.6 Å². The maximum Gasteiger partial charge on any atom is 0.314 e. The van der Waals surface area contributed by atoms with E-state index in [0.717, 1.165) is 24.8 Å². The zero-order valence-corrected chi connectivity index (χ0v) is 32.9. The fourth-order valence-electron chi connectivity index (χ4n) is 13.7. The highest BCUT2D eigenvalue weighted by atomic mass is 16.8. The molecule has 2 heterocycles. The van der Waals surface area contributed by atoms with Crippen LogP contribution < -0.4 is 0 Å². The van der Waals surface area contributed by atoms with E-state index in [9.17, 15) is 45.3 Å². The molecule has 7 aliphatic rings. The Labute approximate surface area is 318 Å². The van der Waals surface area contributed by atoms with Crippen LogP contribution in [0.5, 0.6) is 0 Å². The number of carbonyl (C=O) groups is 2. The van der Waals surface area contributed by atoms with Gasteiger partial charge in [0.1, 0.15) is 36.6 Å². The van der Waals surface area contributed by atoms with Gasteiger partial charge in [0, 0.05) is 0 Å². The van der Waals surface area contributed by atoms with Crippen molar-refractivity contribution in [1.82, 2.24) is 0 Å². The van der Waals surface area contributed by atoms with Gasteiger partial charge in [0.15, 0.2) is 12.6 Å². The van der Waals surface area contributed by atoms with Crippen LogP contribution in [0.25, 0.3) is 0 Å². The molecule has 0 spiro atoms. The summed E-state index contributed by atoms with van der Waals surface area (Å²) in [6.45, 7) is 14.5. The number of allylic oxidation sites excluding steroid dienone is 1. The lowest BCUT2D eigenvalue weighted by Crippen LogP contribution is -2.68. The van der Waals surface area contributed by atoms with Crippen LogP contribution in [0.2, 0.25) is 0 Å². The predicted molar refractivity (Wildman–Crippen MR) is 192 cm³/mol. The highest BCUT2D eigenvalue weighted by molar-refractivity contribution is 5.84. The molecule has 0 bridgehead atoms. The first-order valence-electron chi connectivity index (χ1n) is 20.3. The number of carboxylic acids is 2. The van der Waals surface area contributed by atoms with Crippen molar-refractivity contribution in [2.24, 2.45) is 56.7 Å². The molecule has 6 fully saturated rings. The molecule has 306 valence electrons. The van der Waals surface area contributed by atoms with Crippen molar-refractivity contribution in [2.45, 2.75) is 168 Å². The molecule has 2 unspecified atom stereocenters. The number of aliphatic carboxylic acids is 2. The van der Waals surface area contributed by atoms with E-state index in [4.69, 9.17) is 18.9 Å². The van der Waals surface area contributed by atoms with Gasteiger partial charge in [-0.3, -0.25) is 9.59 Å². The zero-order chi connectivity index (χ0) is 39.5. The SMILES string of the molecule is C[C@H]1[C@H](C)CC[C@]2(C(=O)O)CC[C@]3(C(=O)O)C(=CCC4[C@@]5(C)CC[C@H](O[C@@H]6O[C@H](C)[C@@H](O)[C@H](O)[C@H]6O[C@@H]6OC[C@H](O)[C@H](O)[C@H]6O)C(C)(C)C5CC[C@]43C)[C@H]12. The van der Waals surface area contributed by atoms with Crippen molar-refractivity contribution in [3.05, 3.63) is 11.6 Å². The van der Waals surface area contributed by atoms with Crippen molar-refractivity contribution in [1.29, 1.82) is 0 Å². The normalized spacial score (nSPS) is 54.2. The minimum Gasteiger partial charge on any atom is -0.481 e. The van der Waals surface area contributed by atoms with Gasteiger partial charge < -0.3 is 54.7 Å². The number of aliphatic hydroxyl groups is 5. The number of rotatable bonds is 6. The largest absolute Gasteiger partial charge is 0.481 e. The van der Waals surface area contributed by atoms with Crippen molar-refractivity contribution in [3.63, 3.8) is 0 Å². The van der Waals surface area contributed by atoms with Gasteiger partial charge in [-0.05, 0) is 111 Å².